The van der Waals surface area contributed by atoms with Gasteiger partial charge in [-0.25, -0.2) is 4.98 Å². The summed E-state index contributed by atoms with van der Waals surface area (Å²) in [5.41, 5.74) is 3.58. The molecule has 1 amide bonds. The van der Waals surface area contributed by atoms with Crippen LogP contribution in [0.25, 0.3) is 11.0 Å². The van der Waals surface area contributed by atoms with Crippen LogP contribution in [0.4, 0.5) is 0 Å². The van der Waals surface area contributed by atoms with Gasteiger partial charge in [0.25, 0.3) is 5.91 Å². The van der Waals surface area contributed by atoms with Crippen molar-refractivity contribution in [1.29, 1.82) is 0 Å². The summed E-state index contributed by atoms with van der Waals surface area (Å²) in [6.07, 6.45) is 4.36. The zero-order chi connectivity index (χ0) is 17.3. The second-order valence-electron chi connectivity index (χ2n) is 7.06. The van der Waals surface area contributed by atoms with Gasteiger partial charge < -0.3 is 9.88 Å². The number of fused-ring (bicyclic) bond motifs is 1. The normalized spacial score (nSPS) is 11.7. The lowest BCUT2D eigenvalue weighted by molar-refractivity contribution is 0.0913. The summed E-state index contributed by atoms with van der Waals surface area (Å²) in [5.74, 6) is -0.0923. The number of carbonyl (C=O) groups excluding carboxylic acids is 1. The fourth-order valence-electron chi connectivity index (χ4n) is 2.92. The number of nitrogens with one attached hydrogen (secondary N) is 1. The van der Waals surface area contributed by atoms with E-state index in [0.717, 1.165) is 17.5 Å². The van der Waals surface area contributed by atoms with Gasteiger partial charge in [-0.05, 0) is 44.9 Å². The molecule has 0 aliphatic rings. The maximum Gasteiger partial charge on any atom is 0.253 e. The Morgan fingerprint density at radius 1 is 1.21 bits per heavy atom. The first-order valence-corrected chi connectivity index (χ1v) is 8.13. The van der Waals surface area contributed by atoms with E-state index in [9.17, 15) is 4.79 Å². The highest BCUT2D eigenvalue weighted by molar-refractivity contribution is 5.97. The molecule has 0 aliphatic carbocycles. The van der Waals surface area contributed by atoms with Gasteiger partial charge in [0.2, 0.25) is 0 Å². The van der Waals surface area contributed by atoms with E-state index in [1.54, 1.807) is 6.20 Å². The van der Waals surface area contributed by atoms with Crippen molar-refractivity contribution in [2.75, 3.05) is 0 Å². The van der Waals surface area contributed by atoms with Crippen LogP contribution in [-0.2, 0) is 13.5 Å². The Balaban J connectivity index is 1.74. The van der Waals surface area contributed by atoms with Crippen molar-refractivity contribution in [3.63, 3.8) is 0 Å². The molecule has 3 aromatic rings. The lowest BCUT2D eigenvalue weighted by atomic mass is 9.94. The Bertz CT molecular complexity index is 876. The molecule has 0 fully saturated rings. The summed E-state index contributed by atoms with van der Waals surface area (Å²) in [4.78, 5) is 17.0. The molecule has 0 saturated carbocycles. The highest BCUT2D eigenvalue weighted by atomic mass is 16.1. The molecule has 2 heterocycles. The summed E-state index contributed by atoms with van der Waals surface area (Å²) < 4.78 is 1.94. The topological polar surface area (TPSA) is 46.9 Å². The van der Waals surface area contributed by atoms with Gasteiger partial charge in [-0.1, -0.05) is 29.8 Å². The highest BCUT2D eigenvalue weighted by Crippen LogP contribution is 2.17. The fourth-order valence-corrected chi connectivity index (χ4v) is 2.92. The van der Waals surface area contributed by atoms with E-state index in [1.165, 1.54) is 11.1 Å². The molecule has 1 N–H and O–H groups in total. The first-order valence-electron chi connectivity index (χ1n) is 8.13. The third-order valence-corrected chi connectivity index (χ3v) is 4.19. The number of hydrogen-bond acceptors (Lipinski definition) is 2. The van der Waals surface area contributed by atoms with E-state index in [4.69, 9.17) is 0 Å². The Morgan fingerprint density at radius 2 is 1.92 bits per heavy atom. The molecule has 2 aromatic heterocycles. The molecule has 4 heteroatoms. The van der Waals surface area contributed by atoms with E-state index in [2.05, 4.69) is 41.5 Å². The Kier molecular flexibility index (Phi) is 4.14. The third-order valence-electron chi connectivity index (χ3n) is 4.19. The predicted molar refractivity (Wildman–Crippen MR) is 97.1 cm³/mol. The molecule has 0 aliphatic heterocycles. The van der Waals surface area contributed by atoms with Gasteiger partial charge in [-0.15, -0.1) is 0 Å². The van der Waals surface area contributed by atoms with Crippen molar-refractivity contribution in [3.05, 3.63) is 65.5 Å². The molecule has 0 atom stereocenters. The minimum atomic E-state index is -0.335. The summed E-state index contributed by atoms with van der Waals surface area (Å²) in [6.45, 7) is 6.15. The molecule has 4 nitrogen and oxygen atoms in total. The van der Waals surface area contributed by atoms with E-state index in [0.29, 0.717) is 5.56 Å². The average molecular weight is 321 g/mol. The fraction of sp³-hybridized carbons (Fsp3) is 0.300. The molecule has 0 radical (unpaired) electrons. The SMILES string of the molecule is Cc1ccc(CC(C)(C)NC(=O)c2cnc3c(ccn3C)c2)cc1. The molecule has 1 aromatic carbocycles. The minimum Gasteiger partial charge on any atom is -0.347 e. The van der Waals surface area contributed by atoms with Crippen LogP contribution in [0.3, 0.4) is 0 Å². The van der Waals surface area contributed by atoms with Gasteiger partial charge in [0, 0.05) is 30.4 Å². The van der Waals surface area contributed by atoms with Gasteiger partial charge in [0.15, 0.2) is 0 Å². The minimum absolute atomic E-state index is 0.0923. The zero-order valence-corrected chi connectivity index (χ0v) is 14.6. The van der Waals surface area contributed by atoms with Crippen molar-refractivity contribution < 1.29 is 4.79 Å². The molecular weight excluding hydrogens is 298 g/mol. The smallest absolute Gasteiger partial charge is 0.253 e. The Labute approximate surface area is 142 Å². The van der Waals surface area contributed by atoms with Crippen molar-refractivity contribution in [1.82, 2.24) is 14.9 Å². The largest absolute Gasteiger partial charge is 0.347 e. The highest BCUT2D eigenvalue weighted by Gasteiger charge is 2.22. The number of rotatable bonds is 4. The van der Waals surface area contributed by atoms with Gasteiger partial charge in [0.05, 0.1) is 5.56 Å². The summed E-state index contributed by atoms with van der Waals surface area (Å²) in [5, 5.41) is 4.10. The van der Waals surface area contributed by atoms with Crippen LogP contribution in [-0.4, -0.2) is 21.0 Å². The number of hydrogen-bond donors (Lipinski definition) is 1. The lowest BCUT2D eigenvalue weighted by Crippen LogP contribution is -2.45. The molecule has 0 unspecified atom stereocenters. The second kappa shape index (κ2) is 6.11. The standard InChI is InChI=1S/C20H23N3O/c1-14-5-7-15(8-6-14)12-20(2,3)22-19(24)17-11-16-9-10-23(4)18(16)21-13-17/h5-11,13H,12H2,1-4H3,(H,22,24). The predicted octanol–water partition coefficient (Wildman–Crippen LogP) is 3.63. The number of nitrogens with zero attached hydrogens (tertiary/aromatic N) is 2. The number of amides is 1. The maximum absolute atomic E-state index is 12.6. The summed E-state index contributed by atoms with van der Waals surface area (Å²) >= 11 is 0. The van der Waals surface area contributed by atoms with Gasteiger partial charge in [-0.2, -0.15) is 0 Å². The van der Waals surface area contributed by atoms with Gasteiger partial charge in [0.1, 0.15) is 5.65 Å². The van der Waals surface area contributed by atoms with Crippen molar-refractivity contribution >= 4 is 16.9 Å². The monoisotopic (exact) mass is 321 g/mol. The molecule has 124 valence electrons. The van der Waals surface area contributed by atoms with Crippen LogP contribution in [0.15, 0.2) is 48.8 Å². The van der Waals surface area contributed by atoms with Crippen molar-refractivity contribution in [3.8, 4) is 0 Å². The van der Waals surface area contributed by atoms with E-state index in [1.807, 2.05) is 43.8 Å². The number of pyridine rings is 1. The summed E-state index contributed by atoms with van der Waals surface area (Å²) in [7, 11) is 1.94. The Morgan fingerprint density at radius 3 is 2.62 bits per heavy atom. The second-order valence-corrected chi connectivity index (χ2v) is 7.06. The molecule has 0 bridgehead atoms. The molecule has 0 spiro atoms. The third kappa shape index (κ3) is 3.48. The molecular formula is C20H23N3O. The van der Waals surface area contributed by atoms with Crippen LogP contribution >= 0.6 is 0 Å². The Hall–Kier alpha value is -2.62. The maximum atomic E-state index is 12.6. The van der Waals surface area contributed by atoms with E-state index in [-0.39, 0.29) is 11.4 Å². The number of aryl methyl sites for hydroxylation is 2. The van der Waals surface area contributed by atoms with Gasteiger partial charge in [-0.3, -0.25) is 4.79 Å². The first kappa shape index (κ1) is 16.2. The van der Waals surface area contributed by atoms with Crippen LogP contribution in [0.2, 0.25) is 0 Å². The van der Waals surface area contributed by atoms with Crippen LogP contribution in [0, 0.1) is 6.92 Å². The molecule has 24 heavy (non-hydrogen) atoms. The molecule has 0 saturated heterocycles. The van der Waals surface area contributed by atoms with E-state index >= 15 is 0 Å². The van der Waals surface area contributed by atoms with Crippen LogP contribution < -0.4 is 5.32 Å². The summed E-state index contributed by atoms with van der Waals surface area (Å²) in [6, 6.07) is 12.3. The van der Waals surface area contributed by atoms with Crippen LogP contribution in [0.5, 0.6) is 0 Å². The number of aromatic nitrogens is 2. The van der Waals surface area contributed by atoms with Crippen molar-refractivity contribution in [2.24, 2.45) is 7.05 Å². The number of carbonyl (C=O) groups is 1. The van der Waals surface area contributed by atoms with E-state index < -0.39 is 0 Å². The zero-order valence-electron chi connectivity index (χ0n) is 14.6. The first-order chi connectivity index (χ1) is 11.3. The van der Waals surface area contributed by atoms with Gasteiger partial charge >= 0.3 is 0 Å². The molecule has 3 rings (SSSR count). The lowest BCUT2D eigenvalue weighted by Gasteiger charge is -2.26. The van der Waals surface area contributed by atoms with Crippen LogP contribution in [0.1, 0.15) is 35.3 Å². The quantitative estimate of drug-likeness (QED) is 0.797. The van der Waals surface area contributed by atoms with Crippen molar-refractivity contribution in [2.45, 2.75) is 32.7 Å². The number of benzene rings is 1. The average Bonchev–Trinajstić information content (AvgIpc) is 2.90.